The zero-order valence-electron chi connectivity index (χ0n) is 49.1. The maximum absolute atomic E-state index is 17.3. The predicted octanol–water partition coefficient (Wildman–Crippen LogP) is 21.5. The molecule has 2 aliphatic heterocycles. The Morgan fingerprint density at radius 1 is 0.274 bits per heavy atom. The number of imide groups is 2. The number of rotatable bonds is 26. The van der Waals surface area contributed by atoms with Gasteiger partial charge in [0.05, 0.1) is 22.3 Å². The molecule has 0 fully saturated rings. The number of hydrogen-bond donors (Lipinski definition) is 0. The van der Waals surface area contributed by atoms with Gasteiger partial charge in [0.1, 0.15) is 23.3 Å². The Balaban J connectivity index is 0.948. The summed E-state index contributed by atoms with van der Waals surface area (Å²) < 4.78 is 69.2. The number of amides is 4. The Kier molecular flexibility index (Phi) is 15.1. The molecule has 0 radical (unpaired) electrons. The first kappa shape index (κ1) is 56.0. The average Bonchev–Trinajstić information content (AvgIpc) is 0.701. The Bertz CT molecular complexity index is 3910. The van der Waals surface area contributed by atoms with Crippen molar-refractivity contribution in [2.75, 3.05) is 0 Å². The molecule has 0 unspecified atom stereocenters. The van der Waals surface area contributed by atoms with E-state index in [2.05, 4.69) is 27.7 Å². The Hall–Kier alpha value is -7.20. The summed E-state index contributed by atoms with van der Waals surface area (Å²) in [6, 6.07) is 20.5. The third-order valence-electron chi connectivity index (χ3n) is 19.7. The third-order valence-corrected chi connectivity index (χ3v) is 19.7. The minimum Gasteiger partial charge on any atom is -0.271 e. The zero-order valence-corrected chi connectivity index (χ0v) is 49.1. The van der Waals surface area contributed by atoms with Crippen LogP contribution in [-0.4, -0.2) is 45.5 Å². The van der Waals surface area contributed by atoms with Gasteiger partial charge in [0.25, 0.3) is 23.6 Å². The van der Waals surface area contributed by atoms with Crippen LogP contribution in [0, 0.1) is 23.3 Å². The second-order valence-electron chi connectivity index (χ2n) is 24.8. The van der Waals surface area contributed by atoms with E-state index in [4.69, 9.17) is 0 Å². The average molecular weight is 1130 g/mol. The molecule has 432 valence electrons. The highest BCUT2D eigenvalue weighted by molar-refractivity contribution is 6.47. The molecule has 13 rings (SSSR count). The highest BCUT2D eigenvalue weighted by Gasteiger charge is 2.44. The van der Waals surface area contributed by atoms with Crippen LogP contribution in [0.1, 0.15) is 223 Å². The standard InChI is InChI=1S/C74H74F4N2O4/c1-5-9-13-17-21-25-41(26-22-18-14-10-6-2)79-71(81)65-55(75)37-51-47-33-29-43-45-31-35-49-53-39-57(77)67-70-64(53)54(40-58(78)68(70)74(84)80(73(67)83)42(27-23-19-15-11-7-3)28-24-20-16-12-8-4)50-36-32-46(60(45)62(49)50)44-30-34-48(61(47)59(43)44)52-38-56(76)66(72(79)82)69(65)63(51)52/h29-42H,5-28H2,1-4H3. The number of carbonyl (C=O) groups excluding carboxylic acids is 4. The molecule has 0 aliphatic carbocycles. The molecule has 0 N–H and O–H groups in total. The molecule has 0 aromatic heterocycles. The van der Waals surface area contributed by atoms with Gasteiger partial charge < -0.3 is 0 Å². The van der Waals surface area contributed by atoms with Crippen molar-refractivity contribution in [2.24, 2.45) is 0 Å². The van der Waals surface area contributed by atoms with Crippen molar-refractivity contribution in [3.05, 3.63) is 118 Å². The number of benzene rings is 11. The highest BCUT2D eigenvalue weighted by Crippen LogP contribution is 2.53. The summed E-state index contributed by atoms with van der Waals surface area (Å²) in [5, 5.41) is 12.5. The van der Waals surface area contributed by atoms with Gasteiger partial charge in [-0.25, -0.2) is 17.6 Å². The molecule has 6 nitrogen and oxygen atoms in total. The fourth-order valence-electron chi connectivity index (χ4n) is 15.7. The number of fused-ring (bicyclic) bond motifs is 6. The van der Waals surface area contributed by atoms with Gasteiger partial charge in [-0.05, 0) is 147 Å². The van der Waals surface area contributed by atoms with Crippen LogP contribution in [0.3, 0.4) is 0 Å². The van der Waals surface area contributed by atoms with Crippen molar-refractivity contribution >= 4 is 131 Å². The lowest BCUT2D eigenvalue weighted by atomic mass is 9.79. The highest BCUT2D eigenvalue weighted by atomic mass is 19.1. The van der Waals surface area contributed by atoms with Gasteiger partial charge in [0.2, 0.25) is 0 Å². The van der Waals surface area contributed by atoms with Gasteiger partial charge in [-0.15, -0.1) is 0 Å². The number of halogens is 4. The third kappa shape index (κ3) is 8.67. The second kappa shape index (κ2) is 22.7. The molecule has 84 heavy (non-hydrogen) atoms. The summed E-state index contributed by atoms with van der Waals surface area (Å²) in [6.07, 6.45) is 22.3. The van der Waals surface area contributed by atoms with Crippen LogP contribution in [0.2, 0.25) is 0 Å². The number of carbonyl (C=O) groups is 4. The minimum absolute atomic E-state index is 0.0320. The molecular weight excluding hydrogens is 1060 g/mol. The molecule has 0 atom stereocenters. The molecular formula is C74H74F4N2O4. The summed E-state index contributed by atoms with van der Waals surface area (Å²) in [7, 11) is 0. The van der Waals surface area contributed by atoms with Crippen molar-refractivity contribution in [3.8, 4) is 0 Å². The number of unbranched alkanes of at least 4 members (excludes halogenated alkanes) is 16. The van der Waals surface area contributed by atoms with Gasteiger partial charge >= 0.3 is 0 Å². The van der Waals surface area contributed by atoms with Crippen molar-refractivity contribution < 1.29 is 36.7 Å². The molecule has 0 spiro atoms. The van der Waals surface area contributed by atoms with Crippen molar-refractivity contribution in [2.45, 2.75) is 194 Å². The van der Waals surface area contributed by atoms with E-state index in [1.165, 1.54) is 34.1 Å². The van der Waals surface area contributed by atoms with Crippen LogP contribution in [-0.2, 0) is 0 Å². The SMILES string of the molecule is CCCCCCCC(CCCCCCC)N1C(=O)c2c(F)cc3c4ccc5c6ccc7c8cc(F)c9c%10c(c(F)cc(c%11ccc(c%12ccc(c%13cc(F)c(c2c3%13)C1=O)c4c5%12)c6c7%11)c%108)C(=O)N(C(CCCCCCC)CCCCCCC)C9=O. The first-order chi connectivity index (χ1) is 40.9. The fraction of sp³-hybridized carbons (Fsp3) is 0.405. The second-order valence-corrected chi connectivity index (χ2v) is 24.8. The zero-order chi connectivity index (χ0) is 58.2. The first-order valence-corrected chi connectivity index (χ1v) is 31.9. The van der Waals surface area contributed by atoms with E-state index in [9.17, 15) is 19.2 Å². The largest absolute Gasteiger partial charge is 0.271 e. The van der Waals surface area contributed by atoms with Crippen LogP contribution >= 0.6 is 0 Å². The summed E-state index contributed by atoms with van der Waals surface area (Å²) in [5.74, 6) is -5.98. The molecule has 0 saturated heterocycles. The van der Waals surface area contributed by atoms with Crippen molar-refractivity contribution in [1.29, 1.82) is 0 Å². The molecule has 11 aromatic rings. The topological polar surface area (TPSA) is 74.8 Å². The maximum atomic E-state index is 17.3. The number of nitrogens with zero attached hydrogens (tertiary/aromatic N) is 2. The lowest BCUT2D eigenvalue weighted by Crippen LogP contribution is -2.48. The summed E-state index contributed by atoms with van der Waals surface area (Å²) in [6.45, 7) is 8.62. The monoisotopic (exact) mass is 1130 g/mol. The predicted molar refractivity (Wildman–Crippen MR) is 337 cm³/mol. The van der Waals surface area contributed by atoms with E-state index in [1.807, 2.05) is 48.5 Å². The van der Waals surface area contributed by atoms with Crippen molar-refractivity contribution in [1.82, 2.24) is 9.80 Å². The van der Waals surface area contributed by atoms with E-state index in [0.717, 1.165) is 172 Å². The Morgan fingerprint density at radius 2 is 0.464 bits per heavy atom. The fourth-order valence-corrected chi connectivity index (χ4v) is 15.7. The molecule has 0 bridgehead atoms. The van der Waals surface area contributed by atoms with Crippen LogP contribution in [0.15, 0.2) is 72.8 Å². The first-order valence-electron chi connectivity index (χ1n) is 31.9. The van der Waals surface area contributed by atoms with E-state index >= 15 is 17.6 Å². The lowest BCUT2D eigenvalue weighted by molar-refractivity contribution is 0.0495. The quantitative estimate of drug-likeness (QED) is 0.0178. The minimum atomic E-state index is -0.791. The van der Waals surface area contributed by atoms with Crippen molar-refractivity contribution in [3.63, 3.8) is 0 Å². The van der Waals surface area contributed by atoms with E-state index in [1.54, 1.807) is 0 Å². The molecule has 4 amide bonds. The summed E-state index contributed by atoms with van der Waals surface area (Å²) in [4.78, 5) is 61.9. The van der Waals surface area contributed by atoms with Crippen LogP contribution < -0.4 is 0 Å². The molecule has 0 saturated carbocycles. The normalized spacial score (nSPS) is 14.2. The van der Waals surface area contributed by atoms with Gasteiger partial charge in [-0.2, -0.15) is 0 Å². The van der Waals surface area contributed by atoms with Gasteiger partial charge in [-0.1, -0.05) is 205 Å². The van der Waals surface area contributed by atoms with E-state index < -0.39 is 59.0 Å². The lowest BCUT2D eigenvalue weighted by Gasteiger charge is -2.35. The number of hydrogen-bond acceptors (Lipinski definition) is 4. The maximum Gasteiger partial charge on any atom is 0.264 e. The van der Waals surface area contributed by atoms with Gasteiger partial charge in [0, 0.05) is 22.9 Å². The van der Waals surface area contributed by atoms with Crippen LogP contribution in [0.4, 0.5) is 17.6 Å². The van der Waals surface area contributed by atoms with E-state index in [0.29, 0.717) is 79.5 Å². The smallest absolute Gasteiger partial charge is 0.264 e. The van der Waals surface area contributed by atoms with Gasteiger partial charge in [0.15, 0.2) is 0 Å². The van der Waals surface area contributed by atoms with Crippen LogP contribution in [0.25, 0.3) is 108 Å². The summed E-state index contributed by atoms with van der Waals surface area (Å²) in [5.41, 5.74) is -1.01. The Morgan fingerprint density at radius 3 is 0.679 bits per heavy atom. The molecule has 2 aliphatic rings. The summed E-state index contributed by atoms with van der Waals surface area (Å²) >= 11 is 0. The molecule has 10 heteroatoms. The molecule has 11 aromatic carbocycles. The Labute approximate surface area is 487 Å². The van der Waals surface area contributed by atoms with Crippen LogP contribution in [0.5, 0.6) is 0 Å². The van der Waals surface area contributed by atoms with E-state index in [-0.39, 0.29) is 33.0 Å². The van der Waals surface area contributed by atoms with Gasteiger partial charge in [-0.3, -0.25) is 29.0 Å². The molecule has 2 heterocycles.